The quantitative estimate of drug-likeness (QED) is 0.784. The van der Waals surface area contributed by atoms with Crippen LogP contribution < -0.4 is 10.5 Å². The highest BCUT2D eigenvalue weighted by Gasteiger charge is 2.32. The van der Waals surface area contributed by atoms with Crippen molar-refractivity contribution in [3.8, 4) is 0 Å². The topological polar surface area (TPSA) is 106 Å². The van der Waals surface area contributed by atoms with Crippen LogP contribution in [0.25, 0.3) is 0 Å². The van der Waals surface area contributed by atoms with Gasteiger partial charge in [-0.3, -0.25) is 0 Å². The number of nitrogens with two attached hydrogens (primary N) is 1. The smallest absolute Gasteiger partial charge is 0.214 e. The van der Waals surface area contributed by atoms with Crippen molar-refractivity contribution in [2.24, 2.45) is 0 Å². The maximum Gasteiger partial charge on any atom is 0.214 e. The number of anilines is 1. The Kier molecular flexibility index (Phi) is 4.60. The molecule has 0 unspecified atom stereocenters. The van der Waals surface area contributed by atoms with Crippen molar-refractivity contribution in [2.75, 3.05) is 17.2 Å². The van der Waals surface area contributed by atoms with E-state index in [4.69, 9.17) is 5.73 Å². The summed E-state index contributed by atoms with van der Waals surface area (Å²) in [5.41, 5.74) is 8.08. The molecule has 0 bridgehead atoms. The Bertz CT molecular complexity index is 713. The predicted molar refractivity (Wildman–Crippen MR) is 83.0 cm³/mol. The number of nitrogens with one attached hydrogen (secondary N) is 1. The van der Waals surface area contributed by atoms with Crippen LogP contribution in [0.15, 0.2) is 18.2 Å². The molecule has 8 heteroatoms. The molecule has 1 aliphatic rings. The molecule has 6 nitrogen and oxygen atoms in total. The molecule has 1 heterocycles. The Labute approximate surface area is 125 Å². The van der Waals surface area contributed by atoms with Crippen molar-refractivity contribution in [3.63, 3.8) is 0 Å². The highest BCUT2D eigenvalue weighted by atomic mass is 32.2. The number of benzene rings is 1. The van der Waals surface area contributed by atoms with Gasteiger partial charge in [0.2, 0.25) is 10.0 Å². The zero-order valence-corrected chi connectivity index (χ0v) is 13.5. The molecule has 1 aliphatic heterocycles. The van der Waals surface area contributed by atoms with Gasteiger partial charge in [0.25, 0.3) is 0 Å². The largest absolute Gasteiger partial charge is 0.399 e. The van der Waals surface area contributed by atoms with E-state index in [0.29, 0.717) is 5.69 Å². The first-order valence-corrected chi connectivity index (χ1v) is 10.1. The molecule has 1 fully saturated rings. The maximum absolute atomic E-state index is 12.2. The Hall–Kier alpha value is -1.12. The summed E-state index contributed by atoms with van der Waals surface area (Å²) in [5, 5.41) is -0.637. The van der Waals surface area contributed by atoms with Gasteiger partial charge in [0, 0.05) is 12.2 Å². The number of sulfone groups is 1. The van der Waals surface area contributed by atoms with E-state index < -0.39 is 25.1 Å². The maximum atomic E-state index is 12.2. The molecule has 0 spiro atoms. The summed E-state index contributed by atoms with van der Waals surface area (Å²) in [6, 6.07) is 5.36. The number of sulfonamides is 1. The van der Waals surface area contributed by atoms with Crippen molar-refractivity contribution in [1.82, 2.24) is 4.72 Å². The average molecular weight is 332 g/mol. The van der Waals surface area contributed by atoms with Crippen molar-refractivity contribution < 1.29 is 16.8 Å². The molecule has 118 valence electrons. The third kappa shape index (κ3) is 3.96. The van der Waals surface area contributed by atoms with Gasteiger partial charge in [-0.2, -0.15) is 0 Å². The van der Waals surface area contributed by atoms with Crippen LogP contribution in [0, 0.1) is 6.92 Å². The molecule has 0 amide bonds. The molecule has 3 N–H and O–H groups in total. The second-order valence-electron chi connectivity index (χ2n) is 5.35. The minimum absolute atomic E-state index is 0.0596. The van der Waals surface area contributed by atoms with E-state index in [-0.39, 0.29) is 30.9 Å². The zero-order valence-electron chi connectivity index (χ0n) is 11.9. The molecule has 0 aromatic heterocycles. The van der Waals surface area contributed by atoms with Crippen molar-refractivity contribution in [3.05, 3.63) is 29.3 Å². The van der Waals surface area contributed by atoms with Gasteiger partial charge >= 0.3 is 0 Å². The van der Waals surface area contributed by atoms with Gasteiger partial charge in [-0.05, 0) is 37.0 Å². The Balaban J connectivity index is 2.04. The lowest BCUT2D eigenvalue weighted by molar-refractivity contribution is 0.542. The average Bonchev–Trinajstić information content (AvgIpc) is 2.40. The molecule has 0 aliphatic carbocycles. The number of nitrogen functional groups attached to an aromatic ring is 1. The van der Waals surface area contributed by atoms with Crippen LogP contribution >= 0.6 is 0 Å². The monoisotopic (exact) mass is 332 g/mol. The third-order valence-electron chi connectivity index (χ3n) is 3.89. The van der Waals surface area contributed by atoms with Gasteiger partial charge in [-0.1, -0.05) is 12.1 Å². The van der Waals surface area contributed by atoms with E-state index in [1.54, 1.807) is 12.1 Å². The fourth-order valence-corrected chi connectivity index (χ4v) is 5.61. The predicted octanol–water partition coefficient (Wildman–Crippen LogP) is 0.574. The lowest BCUT2D eigenvalue weighted by Crippen LogP contribution is -2.39. The van der Waals surface area contributed by atoms with E-state index in [2.05, 4.69) is 4.72 Å². The molecule has 2 rings (SSSR count). The van der Waals surface area contributed by atoms with E-state index in [1.165, 1.54) is 0 Å². The van der Waals surface area contributed by atoms with Gasteiger partial charge in [0.15, 0.2) is 0 Å². The summed E-state index contributed by atoms with van der Waals surface area (Å²) in [6.45, 7) is 2.01. The highest BCUT2D eigenvalue weighted by Crippen LogP contribution is 2.20. The van der Waals surface area contributed by atoms with Crippen LogP contribution in [-0.4, -0.2) is 33.6 Å². The summed E-state index contributed by atoms with van der Waals surface area (Å²) >= 11 is 0. The van der Waals surface area contributed by atoms with Crippen molar-refractivity contribution >= 4 is 25.5 Å². The lowest BCUT2D eigenvalue weighted by atomic mass is 10.1. The molecule has 0 saturated carbocycles. The van der Waals surface area contributed by atoms with Crippen LogP contribution in [0.3, 0.4) is 0 Å². The van der Waals surface area contributed by atoms with E-state index >= 15 is 0 Å². The van der Waals surface area contributed by atoms with Crippen LogP contribution in [-0.2, 0) is 26.4 Å². The number of rotatable bonds is 4. The molecule has 21 heavy (non-hydrogen) atoms. The van der Waals surface area contributed by atoms with Crippen LogP contribution in [0.2, 0.25) is 0 Å². The fourth-order valence-electron chi connectivity index (χ4n) is 2.37. The van der Waals surface area contributed by atoms with Gasteiger partial charge < -0.3 is 5.73 Å². The summed E-state index contributed by atoms with van der Waals surface area (Å²) in [6.07, 6.45) is 0.321. The third-order valence-corrected chi connectivity index (χ3v) is 7.50. The van der Waals surface area contributed by atoms with Crippen LogP contribution in [0.4, 0.5) is 5.69 Å². The Morgan fingerprint density at radius 3 is 2.52 bits per heavy atom. The first kappa shape index (κ1) is 16.3. The second-order valence-corrected chi connectivity index (χ2v) is 9.70. The van der Waals surface area contributed by atoms with E-state index in [9.17, 15) is 16.8 Å². The van der Waals surface area contributed by atoms with Crippen LogP contribution in [0.5, 0.6) is 0 Å². The zero-order chi connectivity index (χ0) is 15.7. The first-order valence-electron chi connectivity index (χ1n) is 6.74. The Morgan fingerprint density at radius 1 is 1.29 bits per heavy atom. The van der Waals surface area contributed by atoms with E-state index in [1.807, 2.05) is 13.0 Å². The summed E-state index contributed by atoms with van der Waals surface area (Å²) in [4.78, 5) is 0. The Morgan fingerprint density at radius 2 is 1.90 bits per heavy atom. The molecule has 1 aromatic rings. The van der Waals surface area contributed by atoms with Gasteiger partial charge in [-0.15, -0.1) is 0 Å². The van der Waals surface area contributed by atoms with Crippen molar-refractivity contribution in [1.29, 1.82) is 0 Å². The minimum Gasteiger partial charge on any atom is -0.399 e. The number of hydrogen-bond acceptors (Lipinski definition) is 5. The normalized spacial score (nSPS) is 19.5. The van der Waals surface area contributed by atoms with Crippen molar-refractivity contribution in [2.45, 2.75) is 31.6 Å². The van der Waals surface area contributed by atoms with Gasteiger partial charge in [0.1, 0.15) is 9.84 Å². The molecule has 0 radical (unpaired) electrons. The SMILES string of the molecule is Cc1c(N)cccc1CNS(=O)(=O)C1CCS(=O)(=O)CC1. The lowest BCUT2D eigenvalue weighted by Gasteiger charge is -2.22. The summed E-state index contributed by atoms with van der Waals surface area (Å²) in [5.74, 6) is -0.119. The molecule has 0 atom stereocenters. The molecule has 1 aromatic carbocycles. The van der Waals surface area contributed by atoms with Gasteiger partial charge in [0.05, 0.1) is 16.8 Å². The summed E-state index contributed by atoms with van der Waals surface area (Å²) in [7, 11) is -6.58. The molecular formula is C13H20N2O4S2. The highest BCUT2D eigenvalue weighted by molar-refractivity contribution is 7.92. The van der Waals surface area contributed by atoms with Gasteiger partial charge in [-0.25, -0.2) is 21.6 Å². The molecule has 1 saturated heterocycles. The fraction of sp³-hybridized carbons (Fsp3) is 0.538. The van der Waals surface area contributed by atoms with E-state index in [0.717, 1.165) is 11.1 Å². The van der Waals surface area contributed by atoms with Crippen LogP contribution in [0.1, 0.15) is 24.0 Å². The first-order chi connectivity index (χ1) is 9.71. The molecular weight excluding hydrogens is 312 g/mol. The second kappa shape index (κ2) is 5.94. The standard InChI is InChI=1S/C13H20N2O4S2/c1-10-11(3-2-4-13(10)14)9-15-21(18,19)12-5-7-20(16,17)8-6-12/h2-4,12,15H,5-9,14H2,1H3. The minimum atomic E-state index is -3.52. The summed E-state index contributed by atoms with van der Waals surface area (Å²) < 4.78 is 49.7. The number of hydrogen-bond donors (Lipinski definition) is 2.